The average Bonchev–Trinajstić information content (AvgIpc) is 1.64. The van der Waals surface area contributed by atoms with Crippen LogP contribution in [0.3, 0.4) is 0 Å². The summed E-state index contributed by atoms with van der Waals surface area (Å²) in [4.78, 5) is 109. The van der Waals surface area contributed by atoms with Crippen LogP contribution in [0.5, 0.6) is 5.75 Å². The number of benzene rings is 2. The van der Waals surface area contributed by atoms with Crippen LogP contribution in [0.1, 0.15) is 160 Å². The van der Waals surface area contributed by atoms with Gasteiger partial charge in [0.05, 0.1) is 35.6 Å². The molecule has 8 rings (SSSR count). The van der Waals surface area contributed by atoms with Crippen molar-refractivity contribution in [2.24, 2.45) is 22.9 Å². The third kappa shape index (κ3) is 22.9. The second-order valence-corrected chi connectivity index (χ2v) is 30.9. The number of amides is 2. The van der Waals surface area contributed by atoms with Gasteiger partial charge in [-0.2, -0.15) is 0 Å². The van der Waals surface area contributed by atoms with Crippen LogP contribution in [-0.4, -0.2) is 124 Å². The van der Waals surface area contributed by atoms with E-state index in [1.807, 2.05) is 43.3 Å². The fourth-order valence-corrected chi connectivity index (χ4v) is 12.9. The van der Waals surface area contributed by atoms with E-state index >= 15 is 0 Å². The number of carbonyl (C=O) groups is 7. The Labute approximate surface area is 594 Å². The first-order chi connectivity index (χ1) is 47.3. The maximum absolute atomic E-state index is 14.1. The van der Waals surface area contributed by atoms with Crippen molar-refractivity contribution in [3.8, 4) is 29.5 Å². The van der Waals surface area contributed by atoms with Crippen molar-refractivity contribution < 1.29 is 77.2 Å². The molecule has 1 fully saturated rings. The third-order valence-corrected chi connectivity index (χ3v) is 22.8. The van der Waals surface area contributed by atoms with E-state index in [1.54, 1.807) is 41.7 Å². The van der Waals surface area contributed by atoms with E-state index < -0.39 is 32.0 Å². The number of rotatable bonds is 32. The number of aryl methyl sites for hydroxylation is 2. The number of cyclic esters (lactones) is 1. The summed E-state index contributed by atoms with van der Waals surface area (Å²) >= 11 is 6.50. The summed E-state index contributed by atoms with van der Waals surface area (Å²) in [5, 5.41) is 10.1. The van der Waals surface area contributed by atoms with Crippen LogP contribution in [-0.2, 0) is 98.4 Å². The SMILES string of the molecule is C#CCCC(=O)C1CCC(CN2C(=C)C=CC2=O)CC1.CCc1c2c(nc3ccc(O[Si](C)(C)C(C)(C)C)cc13)-c1cc3c(c(=O)n1C2)COC(=O)C3(CC)OC(=O)OCc1ccc(C)cc1.[3H]CCNCCCCC(CC(=O)COCC(=O)CCCOCCN=[N+]=[N-])C(=O)NC.[Cu][Br]. The third-order valence-electron chi connectivity index (χ3n) is 18.4. The Morgan fingerprint density at radius 1 is 0.980 bits per heavy atom. The molecule has 2 atom stereocenters. The van der Waals surface area contributed by atoms with Crippen LogP contribution in [0, 0.1) is 37.0 Å². The van der Waals surface area contributed by atoms with E-state index in [-0.39, 0.29) is 97.7 Å². The normalized spacial score (nSPS) is 17.1. The molecule has 536 valence electrons. The van der Waals surface area contributed by atoms with E-state index in [9.17, 15) is 38.4 Å². The van der Waals surface area contributed by atoms with Gasteiger partial charge < -0.3 is 48.2 Å². The number of pyridine rings is 2. The first kappa shape index (κ1) is 79.7. The van der Waals surface area contributed by atoms with Crippen LogP contribution in [0.15, 0.2) is 82.9 Å². The molecule has 0 radical (unpaired) electrons. The molecule has 2 unspecified atom stereocenters. The first-order valence-electron chi connectivity index (χ1n) is 34.2. The Morgan fingerprint density at radius 2 is 1.70 bits per heavy atom. The number of ether oxygens (including phenoxy) is 5. The summed E-state index contributed by atoms with van der Waals surface area (Å²) in [6.45, 7) is 24.0. The fraction of sp³-hybridized carbons (Fsp3) is 0.548. The van der Waals surface area contributed by atoms with Crippen molar-refractivity contribution >= 4 is 74.6 Å². The monoisotopic (exact) mass is 1480 g/mol. The predicted molar refractivity (Wildman–Crippen MR) is 379 cm³/mol. The number of fused-ring (bicyclic) bond motifs is 5. The van der Waals surface area contributed by atoms with Crippen molar-refractivity contribution in [2.75, 3.05) is 59.7 Å². The van der Waals surface area contributed by atoms with Gasteiger partial charge in [0, 0.05) is 98.8 Å². The summed E-state index contributed by atoms with van der Waals surface area (Å²) in [6, 6.07) is 15.3. The zero-order valence-electron chi connectivity index (χ0n) is 59.3. The Hall–Kier alpha value is -7.26. The summed E-state index contributed by atoms with van der Waals surface area (Å²) in [7, 11) is -0.519. The molecule has 98 heavy (non-hydrogen) atoms. The van der Waals surface area contributed by atoms with Crippen LogP contribution < -0.4 is 20.6 Å². The van der Waals surface area contributed by atoms with E-state index in [2.05, 4.69) is 108 Å². The van der Waals surface area contributed by atoms with E-state index in [4.69, 9.17) is 46.4 Å². The predicted octanol–water partition coefficient (Wildman–Crippen LogP) is 13.0. The van der Waals surface area contributed by atoms with Crippen LogP contribution in [0.4, 0.5) is 4.79 Å². The number of aromatic nitrogens is 2. The molecule has 2 aromatic carbocycles. The van der Waals surface area contributed by atoms with Gasteiger partial charge in [-0.15, -0.1) is 12.3 Å². The quantitative estimate of drug-likeness (QED) is 0.00769. The van der Waals surface area contributed by atoms with Gasteiger partial charge in [-0.25, -0.2) is 14.6 Å². The molecule has 1 saturated carbocycles. The Balaban J connectivity index is 0.000000291. The second kappa shape index (κ2) is 40.1. The number of halogens is 1. The average molecular weight is 1490 g/mol. The van der Waals surface area contributed by atoms with Gasteiger partial charge in [0.15, 0.2) is 11.6 Å². The number of hydrogen-bond acceptors (Lipinski definition) is 17. The van der Waals surface area contributed by atoms with E-state index in [0.29, 0.717) is 87.5 Å². The molecular weight excluding hydrogens is 1380 g/mol. The van der Waals surface area contributed by atoms with Crippen molar-refractivity contribution in [3.05, 3.63) is 127 Å². The van der Waals surface area contributed by atoms with Crippen LogP contribution in [0.25, 0.3) is 32.7 Å². The van der Waals surface area contributed by atoms with Crippen LogP contribution >= 0.6 is 14.1 Å². The van der Waals surface area contributed by atoms with E-state index in [1.165, 1.54) is 0 Å². The number of allylic oxidation sites excluding steroid dienone is 1. The first-order valence-corrected chi connectivity index (χ1v) is 38.8. The molecular formula is C73H98BrCuN8O14Si. The molecule has 0 spiro atoms. The molecule has 22 nitrogen and oxygen atoms in total. The summed E-state index contributed by atoms with van der Waals surface area (Å²) in [6.07, 6.45) is 16.4. The van der Waals surface area contributed by atoms with Crippen molar-refractivity contribution in [1.82, 2.24) is 25.1 Å². The molecule has 25 heteroatoms. The fourth-order valence-electron chi connectivity index (χ4n) is 11.8. The molecule has 2 N–H and O–H groups in total. The zero-order valence-corrected chi connectivity index (χ0v) is 61.8. The Kier molecular flexibility index (Phi) is 32.6. The molecule has 2 aromatic heterocycles. The van der Waals surface area contributed by atoms with Crippen molar-refractivity contribution in [3.63, 3.8) is 0 Å². The van der Waals surface area contributed by atoms with Crippen molar-refractivity contribution in [1.29, 1.82) is 0 Å². The summed E-state index contributed by atoms with van der Waals surface area (Å²) < 4.78 is 42.4. The molecule has 5 heterocycles. The molecule has 4 aromatic rings. The van der Waals surface area contributed by atoms with Crippen molar-refractivity contribution in [2.45, 2.75) is 182 Å². The van der Waals surface area contributed by atoms with Gasteiger partial charge in [-0.05, 0) is 149 Å². The Morgan fingerprint density at radius 3 is 2.35 bits per heavy atom. The standard InChI is InChI=1S/C37H42N2O7Si.C19H35N5O5.C17H21NO2.BrH.Cu/c1-9-25-26-17-24(46-47(7,8)36(4,5)6)15-16-30(26)38-32-27(25)19-39-31(32)18-29-28(33(39)40)21-43-34(41)37(29,10-2)45-35(42)44-20-23-13-11-22(3)12-14-23;1-3-22-9-5-4-7-16(19(27)21-2)13-18(26)15-29-14-17(25)8-6-11-28-12-10-23-24-20;1-3-4-5-16(19)15-9-7-14(8-10-15)12-18-13(2)6-11-17(18)20;;/h11-18H,9-10,19-21H2,1-8H3;16,22H,3-15H2,1-2H3,(H,21,27);1,6,11,14-15H,2,4-5,7-10,12H2;1H;/q;;;;+1/p-1/i;1T;;;. The number of azide groups is 1. The van der Waals surface area contributed by atoms with Gasteiger partial charge in [0.25, 0.3) is 11.5 Å². The number of carbonyl (C=O) groups excluding carboxylic acids is 7. The number of unbranched alkanes of at least 4 members (excludes halogenated alkanes) is 1. The number of nitrogens with one attached hydrogen (secondary N) is 2. The number of Topliss-reactive ketones (excluding diaryl/α,β-unsaturated/α-hetero) is 3. The number of hydrogen-bond donors (Lipinski definition) is 2. The van der Waals surface area contributed by atoms with Gasteiger partial charge in [0.1, 0.15) is 38.0 Å². The molecule has 0 saturated heterocycles. The van der Waals surface area contributed by atoms with E-state index in [0.717, 1.165) is 103 Å². The molecule has 2 amide bonds. The number of terminal acetylenes is 1. The van der Waals surface area contributed by atoms with Gasteiger partial charge in [-0.1, -0.05) is 89.5 Å². The van der Waals surface area contributed by atoms with Gasteiger partial charge in [-0.3, -0.25) is 28.8 Å². The molecule has 4 aliphatic rings. The van der Waals surface area contributed by atoms with Crippen LogP contribution in [0.2, 0.25) is 18.1 Å². The molecule has 3 aliphatic heterocycles. The minimum atomic E-state index is -2.07. The summed E-state index contributed by atoms with van der Waals surface area (Å²) in [5.41, 5.74) is 13.3. The number of esters is 1. The minimum absolute atomic E-state index is 0.0273. The zero-order chi connectivity index (χ0) is 72.9. The summed E-state index contributed by atoms with van der Waals surface area (Å²) in [5.74, 6) is 2.70. The van der Waals surface area contributed by atoms with Gasteiger partial charge >= 0.3 is 40.4 Å². The molecule has 1 aliphatic carbocycles. The Bertz CT molecular complexity index is 3640. The molecule has 0 bridgehead atoms. The topological polar surface area (TPSA) is 286 Å². The maximum atomic E-state index is 14.1. The number of nitrogens with zero attached hydrogens (tertiary/aromatic N) is 6. The number of ketones is 3. The second-order valence-electron chi connectivity index (χ2n) is 26.2. The van der Waals surface area contributed by atoms with Gasteiger partial charge in [0.2, 0.25) is 19.8 Å².